The number of aromatic nitrogens is 2. The van der Waals surface area contributed by atoms with E-state index in [1.807, 2.05) is 0 Å². The van der Waals surface area contributed by atoms with Gasteiger partial charge in [0.15, 0.2) is 0 Å². The molecule has 17 heavy (non-hydrogen) atoms. The van der Waals surface area contributed by atoms with Crippen molar-refractivity contribution in [2.45, 2.75) is 32.7 Å². The van der Waals surface area contributed by atoms with Crippen molar-refractivity contribution in [3.8, 4) is 0 Å². The summed E-state index contributed by atoms with van der Waals surface area (Å²) in [6.45, 7) is 3.01. The lowest BCUT2D eigenvalue weighted by Gasteiger charge is -2.09. The average molecular weight is 245 g/mol. The molecule has 0 fully saturated rings. The Hall–Kier alpha value is -1.42. The Kier molecular flexibility index (Phi) is 2.81. The van der Waals surface area contributed by atoms with Crippen molar-refractivity contribution < 1.29 is 0 Å². The highest BCUT2D eigenvalue weighted by atomic mass is 32.1. The van der Waals surface area contributed by atoms with Crippen molar-refractivity contribution in [1.29, 1.82) is 0 Å². The molecule has 0 saturated carbocycles. The molecule has 0 bridgehead atoms. The van der Waals surface area contributed by atoms with E-state index >= 15 is 0 Å². The Morgan fingerprint density at radius 2 is 2.24 bits per heavy atom. The summed E-state index contributed by atoms with van der Waals surface area (Å²) in [4.78, 5) is 8.69. The molecule has 0 spiro atoms. The smallest absolute Gasteiger partial charge is 0.133 e. The van der Waals surface area contributed by atoms with E-state index in [1.54, 1.807) is 17.7 Å². The second-order valence-electron chi connectivity index (χ2n) is 4.43. The fourth-order valence-corrected chi connectivity index (χ4v) is 3.12. The van der Waals surface area contributed by atoms with Crippen LogP contribution in [0.25, 0.3) is 0 Å². The fourth-order valence-electron chi connectivity index (χ4n) is 2.26. The van der Waals surface area contributed by atoms with E-state index in [2.05, 4.69) is 33.0 Å². The van der Waals surface area contributed by atoms with Gasteiger partial charge in [0.1, 0.15) is 12.1 Å². The lowest BCUT2D eigenvalue weighted by Crippen LogP contribution is -2.05. The van der Waals surface area contributed by atoms with Gasteiger partial charge in [-0.25, -0.2) is 9.97 Å². The molecule has 4 heteroatoms. The van der Waals surface area contributed by atoms with Crippen LogP contribution in [0.4, 0.5) is 5.82 Å². The third kappa shape index (κ3) is 2.05. The monoisotopic (exact) mass is 245 g/mol. The van der Waals surface area contributed by atoms with Gasteiger partial charge in [-0.1, -0.05) is 0 Å². The Morgan fingerprint density at radius 1 is 1.29 bits per heavy atom. The van der Waals surface area contributed by atoms with E-state index in [1.165, 1.54) is 28.8 Å². The number of hydrogen-bond donors (Lipinski definition) is 1. The van der Waals surface area contributed by atoms with Gasteiger partial charge in [-0.2, -0.15) is 11.3 Å². The molecular formula is C13H15N3S. The minimum absolute atomic E-state index is 0.860. The standard InChI is InChI=1S/C13H15N3S/c1-9-6-17-7-10(9)5-14-13-11-3-2-4-12(11)15-8-16-13/h6-8H,2-5H2,1H3,(H,14,15,16). The predicted octanol–water partition coefficient (Wildman–Crippen LogP) is 2.95. The second-order valence-corrected chi connectivity index (χ2v) is 5.18. The molecule has 0 unspecified atom stereocenters. The molecule has 0 atom stereocenters. The van der Waals surface area contributed by atoms with Gasteiger partial charge in [-0.3, -0.25) is 0 Å². The van der Waals surface area contributed by atoms with Gasteiger partial charge in [0, 0.05) is 17.8 Å². The van der Waals surface area contributed by atoms with E-state index in [0.717, 1.165) is 25.2 Å². The molecule has 0 amide bonds. The molecular weight excluding hydrogens is 230 g/mol. The topological polar surface area (TPSA) is 37.8 Å². The van der Waals surface area contributed by atoms with Crippen LogP contribution in [0.1, 0.15) is 28.8 Å². The first-order valence-corrected chi connectivity index (χ1v) is 6.87. The zero-order valence-electron chi connectivity index (χ0n) is 9.86. The lowest BCUT2D eigenvalue weighted by molar-refractivity contribution is 0.899. The third-order valence-electron chi connectivity index (χ3n) is 3.28. The molecule has 2 aromatic heterocycles. The van der Waals surface area contributed by atoms with E-state index < -0.39 is 0 Å². The molecule has 2 aromatic rings. The van der Waals surface area contributed by atoms with Crippen LogP contribution in [0.5, 0.6) is 0 Å². The first-order valence-electron chi connectivity index (χ1n) is 5.93. The van der Waals surface area contributed by atoms with E-state index in [9.17, 15) is 0 Å². The van der Waals surface area contributed by atoms with E-state index in [-0.39, 0.29) is 0 Å². The molecule has 0 saturated heterocycles. The SMILES string of the molecule is Cc1cscc1CNc1ncnc2c1CCC2. The first kappa shape index (κ1) is 10.7. The van der Waals surface area contributed by atoms with Gasteiger partial charge >= 0.3 is 0 Å². The van der Waals surface area contributed by atoms with E-state index in [0.29, 0.717) is 0 Å². The number of hydrogen-bond acceptors (Lipinski definition) is 4. The molecule has 88 valence electrons. The molecule has 3 rings (SSSR count). The van der Waals surface area contributed by atoms with Crippen LogP contribution in [0.2, 0.25) is 0 Å². The minimum atomic E-state index is 0.860. The number of anilines is 1. The van der Waals surface area contributed by atoms with Crippen molar-refractivity contribution in [3.05, 3.63) is 39.5 Å². The summed E-state index contributed by atoms with van der Waals surface area (Å²) in [6, 6.07) is 0. The Labute approximate surface area is 105 Å². The van der Waals surface area contributed by atoms with Gasteiger partial charge in [0.25, 0.3) is 0 Å². The summed E-state index contributed by atoms with van der Waals surface area (Å²) in [6.07, 6.45) is 5.10. The molecule has 1 aliphatic rings. The molecule has 1 N–H and O–H groups in total. The first-order chi connectivity index (χ1) is 8.34. The Balaban J connectivity index is 1.78. The van der Waals surface area contributed by atoms with Crippen molar-refractivity contribution in [2.75, 3.05) is 5.32 Å². The molecule has 0 aromatic carbocycles. The third-order valence-corrected chi connectivity index (χ3v) is 4.19. The maximum atomic E-state index is 4.36. The number of nitrogens with zero attached hydrogens (tertiary/aromatic N) is 2. The van der Waals surface area contributed by atoms with Gasteiger partial charge in [0.05, 0.1) is 0 Å². The van der Waals surface area contributed by atoms with Crippen LogP contribution < -0.4 is 5.32 Å². The Bertz CT molecular complexity index is 533. The summed E-state index contributed by atoms with van der Waals surface area (Å²) in [7, 11) is 0. The molecule has 2 heterocycles. The number of nitrogens with one attached hydrogen (secondary N) is 1. The van der Waals surface area contributed by atoms with Crippen molar-refractivity contribution in [2.24, 2.45) is 0 Å². The zero-order chi connectivity index (χ0) is 11.7. The van der Waals surface area contributed by atoms with Crippen LogP contribution >= 0.6 is 11.3 Å². The molecule has 0 aliphatic heterocycles. The number of fused-ring (bicyclic) bond motifs is 1. The number of thiophene rings is 1. The maximum absolute atomic E-state index is 4.36. The molecule has 0 radical (unpaired) electrons. The van der Waals surface area contributed by atoms with Crippen molar-refractivity contribution in [3.63, 3.8) is 0 Å². The van der Waals surface area contributed by atoms with Gasteiger partial charge < -0.3 is 5.32 Å². The summed E-state index contributed by atoms with van der Waals surface area (Å²) >= 11 is 1.75. The lowest BCUT2D eigenvalue weighted by atomic mass is 10.2. The maximum Gasteiger partial charge on any atom is 0.133 e. The van der Waals surface area contributed by atoms with Crippen LogP contribution in [-0.2, 0) is 19.4 Å². The fraction of sp³-hybridized carbons (Fsp3) is 0.385. The van der Waals surface area contributed by atoms with Crippen LogP contribution in [-0.4, -0.2) is 9.97 Å². The highest BCUT2D eigenvalue weighted by Crippen LogP contribution is 2.25. The second kappa shape index (κ2) is 4.45. The highest BCUT2D eigenvalue weighted by Gasteiger charge is 2.16. The van der Waals surface area contributed by atoms with Gasteiger partial charge in [-0.05, 0) is 48.1 Å². The van der Waals surface area contributed by atoms with Crippen LogP contribution in [0, 0.1) is 6.92 Å². The number of aryl methyl sites for hydroxylation is 2. The molecule has 1 aliphatic carbocycles. The van der Waals surface area contributed by atoms with Crippen molar-refractivity contribution >= 4 is 17.2 Å². The van der Waals surface area contributed by atoms with E-state index in [4.69, 9.17) is 0 Å². The summed E-state index contributed by atoms with van der Waals surface area (Å²) < 4.78 is 0. The summed E-state index contributed by atoms with van der Waals surface area (Å²) in [5, 5.41) is 7.82. The van der Waals surface area contributed by atoms with Crippen molar-refractivity contribution in [1.82, 2.24) is 9.97 Å². The largest absolute Gasteiger partial charge is 0.366 e. The number of rotatable bonds is 3. The summed E-state index contributed by atoms with van der Waals surface area (Å²) in [5.41, 5.74) is 5.26. The zero-order valence-corrected chi connectivity index (χ0v) is 10.7. The van der Waals surface area contributed by atoms with Crippen LogP contribution in [0.3, 0.4) is 0 Å². The van der Waals surface area contributed by atoms with Gasteiger partial charge in [0.2, 0.25) is 0 Å². The van der Waals surface area contributed by atoms with Crippen LogP contribution in [0.15, 0.2) is 17.1 Å². The Morgan fingerprint density at radius 3 is 3.06 bits per heavy atom. The normalized spacial score (nSPS) is 13.7. The predicted molar refractivity (Wildman–Crippen MR) is 70.4 cm³/mol. The summed E-state index contributed by atoms with van der Waals surface area (Å²) in [5.74, 6) is 1.03. The molecule has 3 nitrogen and oxygen atoms in total. The average Bonchev–Trinajstić information content (AvgIpc) is 2.95. The van der Waals surface area contributed by atoms with Gasteiger partial charge in [-0.15, -0.1) is 0 Å². The quantitative estimate of drug-likeness (QED) is 0.903. The highest BCUT2D eigenvalue weighted by molar-refractivity contribution is 7.08. The minimum Gasteiger partial charge on any atom is -0.366 e.